The van der Waals surface area contributed by atoms with Crippen LogP contribution in [-0.2, 0) is 24.5 Å². The molecule has 0 heterocycles. The zero-order valence-corrected chi connectivity index (χ0v) is 13.2. The Bertz CT molecular complexity index is 492. The minimum atomic E-state index is -3.88. The lowest BCUT2D eigenvalue weighted by Crippen LogP contribution is -2.47. The zero-order valence-electron chi connectivity index (χ0n) is 12.4. The lowest BCUT2D eigenvalue weighted by Gasteiger charge is -2.20. The number of rotatable bonds is 8. The molecular formula is C12H22N2O6S. The van der Waals surface area contributed by atoms with Crippen LogP contribution in [0.5, 0.6) is 0 Å². The van der Waals surface area contributed by atoms with Gasteiger partial charge < -0.3 is 9.84 Å². The Morgan fingerprint density at radius 3 is 2.33 bits per heavy atom. The van der Waals surface area contributed by atoms with Crippen LogP contribution in [0.2, 0.25) is 0 Å². The lowest BCUT2D eigenvalue weighted by molar-refractivity contribution is -0.155. The highest BCUT2D eigenvalue weighted by molar-refractivity contribution is 7.87. The quantitative estimate of drug-likeness (QED) is 0.547. The van der Waals surface area contributed by atoms with Crippen molar-refractivity contribution >= 4 is 22.1 Å². The van der Waals surface area contributed by atoms with E-state index in [2.05, 4.69) is 4.72 Å². The Hall–Kier alpha value is -1.19. The molecular weight excluding hydrogens is 300 g/mol. The van der Waals surface area contributed by atoms with Gasteiger partial charge in [0.25, 0.3) is 10.2 Å². The summed E-state index contributed by atoms with van der Waals surface area (Å²) >= 11 is 0. The lowest BCUT2D eigenvalue weighted by atomic mass is 10.1. The van der Waals surface area contributed by atoms with Gasteiger partial charge in [-0.1, -0.05) is 0 Å². The summed E-state index contributed by atoms with van der Waals surface area (Å²) in [4.78, 5) is 22.6. The van der Waals surface area contributed by atoms with Crippen molar-refractivity contribution in [2.45, 2.75) is 64.1 Å². The van der Waals surface area contributed by atoms with Crippen molar-refractivity contribution in [1.82, 2.24) is 9.44 Å². The number of hydrogen-bond donors (Lipinski definition) is 3. The highest BCUT2D eigenvalue weighted by atomic mass is 32.2. The first-order chi connectivity index (χ1) is 9.48. The van der Waals surface area contributed by atoms with Gasteiger partial charge in [-0.05, 0) is 40.0 Å². The van der Waals surface area contributed by atoms with Gasteiger partial charge in [0.15, 0.2) is 0 Å². The fourth-order valence-corrected chi connectivity index (χ4v) is 2.87. The molecule has 0 bridgehead atoms. The van der Waals surface area contributed by atoms with E-state index in [1.54, 1.807) is 20.8 Å². The van der Waals surface area contributed by atoms with Crippen molar-refractivity contribution in [1.29, 1.82) is 0 Å². The largest absolute Gasteiger partial charge is 0.480 e. The van der Waals surface area contributed by atoms with Crippen molar-refractivity contribution < 1.29 is 27.9 Å². The molecule has 0 aromatic heterocycles. The summed E-state index contributed by atoms with van der Waals surface area (Å²) in [7, 11) is -3.88. The second-order valence-corrected chi connectivity index (χ2v) is 7.51. The first-order valence-corrected chi connectivity index (χ1v) is 8.21. The van der Waals surface area contributed by atoms with E-state index in [9.17, 15) is 18.0 Å². The van der Waals surface area contributed by atoms with E-state index in [0.717, 1.165) is 12.8 Å². The molecule has 8 nitrogen and oxygen atoms in total. The van der Waals surface area contributed by atoms with Crippen molar-refractivity contribution in [3.63, 3.8) is 0 Å². The van der Waals surface area contributed by atoms with Gasteiger partial charge in [0.1, 0.15) is 11.6 Å². The summed E-state index contributed by atoms with van der Waals surface area (Å²) in [6.45, 7) is 5.09. The molecule has 1 rings (SSSR count). The van der Waals surface area contributed by atoms with Crippen LogP contribution in [0.3, 0.4) is 0 Å². The predicted molar refractivity (Wildman–Crippen MR) is 74.7 cm³/mol. The Balaban J connectivity index is 2.50. The van der Waals surface area contributed by atoms with Crippen LogP contribution < -0.4 is 9.44 Å². The number of carbonyl (C=O) groups excluding carboxylic acids is 1. The average Bonchev–Trinajstić information content (AvgIpc) is 3.04. The number of ether oxygens (including phenoxy) is 1. The van der Waals surface area contributed by atoms with Crippen LogP contribution in [0.4, 0.5) is 0 Å². The Morgan fingerprint density at radius 1 is 1.33 bits per heavy atom. The predicted octanol–water partition coefficient (Wildman–Crippen LogP) is 0.148. The summed E-state index contributed by atoms with van der Waals surface area (Å²) in [6.07, 6.45) is 1.14. The molecule has 9 heteroatoms. The third kappa shape index (κ3) is 7.98. The Labute approximate surface area is 124 Å². The number of carbonyl (C=O) groups is 2. The van der Waals surface area contributed by atoms with Gasteiger partial charge in [0.2, 0.25) is 0 Å². The minimum absolute atomic E-state index is 0.122. The van der Waals surface area contributed by atoms with Crippen LogP contribution in [0.25, 0.3) is 0 Å². The van der Waals surface area contributed by atoms with Crippen LogP contribution in [0.1, 0.15) is 46.5 Å². The molecule has 21 heavy (non-hydrogen) atoms. The first kappa shape index (κ1) is 17.9. The summed E-state index contributed by atoms with van der Waals surface area (Å²) in [6, 6.07) is -1.49. The molecule has 0 radical (unpaired) electrons. The molecule has 0 aromatic carbocycles. The highest BCUT2D eigenvalue weighted by Gasteiger charge is 2.31. The van der Waals surface area contributed by atoms with E-state index in [1.165, 1.54) is 0 Å². The molecule has 0 amide bonds. The van der Waals surface area contributed by atoms with E-state index in [4.69, 9.17) is 9.84 Å². The van der Waals surface area contributed by atoms with Gasteiger partial charge in [-0.25, -0.2) is 0 Å². The van der Waals surface area contributed by atoms with Gasteiger partial charge in [0, 0.05) is 12.5 Å². The van der Waals surface area contributed by atoms with E-state index >= 15 is 0 Å². The molecule has 1 atom stereocenters. The molecule has 1 fully saturated rings. The number of esters is 1. The van der Waals surface area contributed by atoms with E-state index in [-0.39, 0.29) is 18.9 Å². The maximum Gasteiger partial charge on any atom is 0.321 e. The molecule has 0 aliphatic heterocycles. The molecule has 122 valence electrons. The van der Waals surface area contributed by atoms with Gasteiger partial charge in [-0.15, -0.1) is 0 Å². The molecule has 0 aromatic rings. The average molecular weight is 322 g/mol. The summed E-state index contributed by atoms with van der Waals surface area (Å²) in [5.41, 5.74) is -0.664. The number of carboxylic acid groups (broad SMARTS) is 1. The summed E-state index contributed by atoms with van der Waals surface area (Å²) in [5, 5.41) is 9.02. The van der Waals surface area contributed by atoms with Gasteiger partial charge in [-0.3, -0.25) is 9.59 Å². The Kier molecular flexibility index (Phi) is 5.71. The van der Waals surface area contributed by atoms with E-state index in [0.29, 0.717) is 0 Å². The SMILES string of the molecule is CC(C)(C)OC(=O)CC[C@@H](NS(=O)(=O)NC1CC1)C(=O)O. The minimum Gasteiger partial charge on any atom is -0.480 e. The molecule has 3 N–H and O–H groups in total. The van der Waals surface area contributed by atoms with Gasteiger partial charge >= 0.3 is 11.9 Å². The monoisotopic (exact) mass is 322 g/mol. The van der Waals surface area contributed by atoms with Crippen LogP contribution in [0.15, 0.2) is 0 Å². The number of nitrogens with one attached hydrogen (secondary N) is 2. The fraction of sp³-hybridized carbons (Fsp3) is 0.833. The van der Waals surface area contributed by atoms with Crippen molar-refractivity contribution in [3.8, 4) is 0 Å². The summed E-state index contributed by atoms with van der Waals surface area (Å²) in [5.74, 6) is -1.90. The maximum absolute atomic E-state index is 11.7. The molecule has 0 spiro atoms. The summed E-state index contributed by atoms with van der Waals surface area (Å²) < 4.78 is 32.7. The van der Waals surface area contributed by atoms with Crippen LogP contribution in [0, 0.1) is 0 Å². The number of hydrogen-bond acceptors (Lipinski definition) is 5. The Morgan fingerprint density at radius 2 is 1.90 bits per heavy atom. The number of aliphatic carboxylic acids is 1. The molecule has 1 aliphatic carbocycles. The van der Waals surface area contributed by atoms with Crippen molar-refractivity contribution in [3.05, 3.63) is 0 Å². The second-order valence-electron chi connectivity index (χ2n) is 6.03. The van der Waals surface area contributed by atoms with Crippen LogP contribution >= 0.6 is 0 Å². The standard InChI is InChI=1S/C12H22N2O6S/c1-12(2,3)20-10(15)7-6-9(11(16)17)14-21(18,19)13-8-4-5-8/h8-9,13-14H,4-7H2,1-3H3,(H,16,17)/t9-/m1/s1. The van der Waals surface area contributed by atoms with Crippen molar-refractivity contribution in [2.75, 3.05) is 0 Å². The van der Waals surface area contributed by atoms with Gasteiger partial charge in [0.05, 0.1) is 0 Å². The molecule has 0 saturated heterocycles. The highest BCUT2D eigenvalue weighted by Crippen LogP contribution is 2.19. The normalized spacial score (nSPS) is 17.3. The van der Waals surface area contributed by atoms with Crippen LogP contribution in [-0.4, -0.2) is 43.1 Å². The molecule has 0 unspecified atom stereocenters. The van der Waals surface area contributed by atoms with E-state index < -0.39 is 33.8 Å². The third-order valence-electron chi connectivity index (χ3n) is 2.55. The smallest absolute Gasteiger partial charge is 0.321 e. The molecule has 1 aliphatic rings. The second kappa shape index (κ2) is 6.71. The molecule has 1 saturated carbocycles. The van der Waals surface area contributed by atoms with Crippen molar-refractivity contribution in [2.24, 2.45) is 0 Å². The number of carboxylic acids is 1. The maximum atomic E-state index is 11.7. The van der Waals surface area contributed by atoms with Gasteiger partial charge in [-0.2, -0.15) is 17.9 Å². The van der Waals surface area contributed by atoms with E-state index in [1.807, 2.05) is 4.72 Å². The fourth-order valence-electron chi connectivity index (χ4n) is 1.53. The first-order valence-electron chi connectivity index (χ1n) is 6.73. The third-order valence-corrected chi connectivity index (χ3v) is 3.79. The topological polar surface area (TPSA) is 122 Å². The zero-order chi connectivity index (χ0) is 16.3.